The molecular formula is C23H23NO3S. The third-order valence-electron chi connectivity index (χ3n) is 4.27. The predicted molar refractivity (Wildman–Crippen MR) is 116 cm³/mol. The van der Waals surface area contributed by atoms with Gasteiger partial charge < -0.3 is 10.1 Å². The summed E-state index contributed by atoms with van der Waals surface area (Å²) in [6.45, 7) is 4.43. The SMILES string of the molecule is CCCCOC(=O)c1c(NC(=O)C=Cc2ccc(C)cc2)sc2ccccc12. The van der Waals surface area contributed by atoms with E-state index in [1.807, 2.05) is 62.4 Å². The van der Waals surface area contributed by atoms with Gasteiger partial charge in [-0.2, -0.15) is 0 Å². The molecule has 0 bridgehead atoms. The number of aryl methyl sites for hydroxylation is 1. The number of hydrogen-bond acceptors (Lipinski definition) is 4. The van der Waals surface area contributed by atoms with Crippen molar-refractivity contribution in [3.63, 3.8) is 0 Å². The average molecular weight is 394 g/mol. The van der Waals surface area contributed by atoms with Crippen LogP contribution in [0.1, 0.15) is 41.3 Å². The molecule has 1 heterocycles. The van der Waals surface area contributed by atoms with Crippen LogP contribution < -0.4 is 5.32 Å². The van der Waals surface area contributed by atoms with E-state index in [1.165, 1.54) is 17.4 Å². The summed E-state index contributed by atoms with van der Waals surface area (Å²) in [7, 11) is 0. The number of unbranched alkanes of at least 4 members (excludes halogenated alkanes) is 1. The van der Waals surface area contributed by atoms with Crippen LogP contribution >= 0.6 is 11.3 Å². The number of fused-ring (bicyclic) bond motifs is 1. The minimum absolute atomic E-state index is 0.283. The molecule has 5 heteroatoms. The van der Waals surface area contributed by atoms with Gasteiger partial charge in [0.15, 0.2) is 0 Å². The van der Waals surface area contributed by atoms with Crippen molar-refractivity contribution in [2.24, 2.45) is 0 Å². The zero-order valence-corrected chi connectivity index (χ0v) is 16.8. The number of carbonyl (C=O) groups is 2. The van der Waals surface area contributed by atoms with Crippen LogP contribution in [0, 0.1) is 6.92 Å². The van der Waals surface area contributed by atoms with E-state index in [9.17, 15) is 9.59 Å². The highest BCUT2D eigenvalue weighted by atomic mass is 32.1. The first-order valence-corrected chi connectivity index (χ1v) is 10.1. The molecular weight excluding hydrogens is 370 g/mol. The van der Waals surface area contributed by atoms with E-state index in [0.717, 1.165) is 34.1 Å². The molecule has 0 aliphatic carbocycles. The van der Waals surface area contributed by atoms with Crippen molar-refractivity contribution in [3.05, 3.63) is 71.3 Å². The van der Waals surface area contributed by atoms with Gasteiger partial charge in [-0.15, -0.1) is 11.3 Å². The van der Waals surface area contributed by atoms with E-state index < -0.39 is 5.97 Å². The van der Waals surface area contributed by atoms with Crippen LogP contribution in [0.5, 0.6) is 0 Å². The Morgan fingerprint density at radius 2 is 1.86 bits per heavy atom. The lowest BCUT2D eigenvalue weighted by molar-refractivity contribution is -0.111. The minimum atomic E-state index is -0.399. The van der Waals surface area contributed by atoms with Crippen molar-refractivity contribution in [1.29, 1.82) is 0 Å². The summed E-state index contributed by atoms with van der Waals surface area (Å²) in [6, 6.07) is 15.5. The van der Waals surface area contributed by atoms with E-state index in [4.69, 9.17) is 4.74 Å². The van der Waals surface area contributed by atoms with Crippen molar-refractivity contribution >= 4 is 44.4 Å². The van der Waals surface area contributed by atoms with Gasteiger partial charge in [0.25, 0.3) is 0 Å². The quantitative estimate of drug-likeness (QED) is 0.313. The molecule has 0 saturated carbocycles. The Morgan fingerprint density at radius 3 is 2.61 bits per heavy atom. The zero-order valence-electron chi connectivity index (χ0n) is 16.0. The van der Waals surface area contributed by atoms with E-state index in [2.05, 4.69) is 5.32 Å². The van der Waals surface area contributed by atoms with Crippen LogP contribution in [0.3, 0.4) is 0 Å². The molecule has 4 nitrogen and oxygen atoms in total. The fourth-order valence-electron chi connectivity index (χ4n) is 2.72. The van der Waals surface area contributed by atoms with Crippen molar-refractivity contribution in [1.82, 2.24) is 0 Å². The van der Waals surface area contributed by atoms with Gasteiger partial charge in [-0.25, -0.2) is 4.79 Å². The molecule has 1 aromatic heterocycles. The van der Waals surface area contributed by atoms with E-state index in [0.29, 0.717) is 17.2 Å². The number of amides is 1. The number of carbonyl (C=O) groups excluding carboxylic acids is 2. The summed E-state index contributed by atoms with van der Waals surface area (Å²) in [5, 5.41) is 4.16. The van der Waals surface area contributed by atoms with E-state index >= 15 is 0 Å². The smallest absolute Gasteiger partial charge is 0.341 e. The third-order valence-corrected chi connectivity index (χ3v) is 5.36. The van der Waals surface area contributed by atoms with Gasteiger partial charge in [0.1, 0.15) is 10.6 Å². The Morgan fingerprint density at radius 1 is 1.11 bits per heavy atom. The van der Waals surface area contributed by atoms with Crippen LogP contribution in [0.4, 0.5) is 5.00 Å². The molecule has 0 aliphatic rings. The molecule has 1 N–H and O–H groups in total. The van der Waals surface area contributed by atoms with Gasteiger partial charge in [-0.1, -0.05) is 61.4 Å². The molecule has 2 aromatic carbocycles. The summed E-state index contributed by atoms with van der Waals surface area (Å²) >= 11 is 1.38. The van der Waals surface area contributed by atoms with Crippen LogP contribution in [-0.2, 0) is 9.53 Å². The van der Waals surface area contributed by atoms with E-state index in [-0.39, 0.29) is 5.91 Å². The van der Waals surface area contributed by atoms with Gasteiger partial charge in [-0.05, 0) is 31.1 Å². The first-order chi connectivity index (χ1) is 13.6. The molecule has 3 aromatic rings. The zero-order chi connectivity index (χ0) is 19.9. The number of ether oxygens (including phenoxy) is 1. The molecule has 0 spiro atoms. The number of hydrogen-bond donors (Lipinski definition) is 1. The lowest BCUT2D eigenvalue weighted by atomic mass is 10.1. The molecule has 0 atom stereocenters. The van der Waals surface area contributed by atoms with Gasteiger partial charge in [-0.3, -0.25) is 4.79 Å². The third kappa shape index (κ3) is 4.87. The molecule has 0 fully saturated rings. The number of nitrogens with one attached hydrogen (secondary N) is 1. The number of rotatable bonds is 7. The minimum Gasteiger partial charge on any atom is -0.462 e. The number of anilines is 1. The van der Waals surface area contributed by atoms with Crippen LogP contribution in [-0.4, -0.2) is 18.5 Å². The van der Waals surface area contributed by atoms with Crippen molar-refractivity contribution in [2.45, 2.75) is 26.7 Å². The molecule has 3 rings (SSSR count). The molecule has 0 unspecified atom stereocenters. The maximum Gasteiger partial charge on any atom is 0.341 e. The van der Waals surface area contributed by atoms with Gasteiger partial charge in [0, 0.05) is 16.2 Å². The van der Waals surface area contributed by atoms with Crippen LogP contribution in [0.25, 0.3) is 16.2 Å². The average Bonchev–Trinajstić information content (AvgIpc) is 3.05. The second-order valence-electron chi connectivity index (χ2n) is 6.53. The lowest BCUT2D eigenvalue weighted by Crippen LogP contribution is -2.12. The number of thiophene rings is 1. The molecule has 0 radical (unpaired) electrons. The molecule has 144 valence electrons. The second kappa shape index (κ2) is 9.33. The Balaban J connectivity index is 1.81. The predicted octanol–water partition coefficient (Wildman–Crippen LogP) is 5.82. The summed E-state index contributed by atoms with van der Waals surface area (Å²) < 4.78 is 6.33. The van der Waals surface area contributed by atoms with E-state index in [1.54, 1.807) is 6.08 Å². The molecule has 28 heavy (non-hydrogen) atoms. The topological polar surface area (TPSA) is 55.4 Å². The Hall–Kier alpha value is -2.92. The highest BCUT2D eigenvalue weighted by Gasteiger charge is 2.21. The van der Waals surface area contributed by atoms with Crippen LogP contribution in [0.15, 0.2) is 54.6 Å². The van der Waals surface area contributed by atoms with Crippen molar-refractivity contribution < 1.29 is 14.3 Å². The Bertz CT molecular complexity index is 1000. The summed E-state index contributed by atoms with van der Waals surface area (Å²) in [5.74, 6) is -0.682. The van der Waals surface area contributed by atoms with Gasteiger partial charge in [0.2, 0.25) is 5.91 Å². The van der Waals surface area contributed by atoms with Crippen molar-refractivity contribution in [2.75, 3.05) is 11.9 Å². The Labute approximate surface area is 168 Å². The highest BCUT2D eigenvalue weighted by molar-refractivity contribution is 7.23. The fourth-order valence-corrected chi connectivity index (χ4v) is 3.81. The highest BCUT2D eigenvalue weighted by Crippen LogP contribution is 2.36. The summed E-state index contributed by atoms with van der Waals surface area (Å²) in [5.41, 5.74) is 2.53. The van der Waals surface area contributed by atoms with Gasteiger partial charge >= 0.3 is 5.97 Å². The first-order valence-electron chi connectivity index (χ1n) is 9.33. The van der Waals surface area contributed by atoms with Gasteiger partial charge in [0.05, 0.1) is 6.61 Å². The number of esters is 1. The maximum atomic E-state index is 12.6. The standard InChI is InChI=1S/C23H23NO3S/c1-3-4-15-27-23(26)21-18-7-5-6-8-19(18)28-22(21)24-20(25)14-13-17-11-9-16(2)10-12-17/h5-14H,3-4,15H2,1-2H3,(H,24,25). The fraction of sp³-hybridized carbons (Fsp3) is 0.217. The molecule has 1 amide bonds. The second-order valence-corrected chi connectivity index (χ2v) is 7.58. The summed E-state index contributed by atoms with van der Waals surface area (Å²) in [4.78, 5) is 25.0. The number of benzene rings is 2. The van der Waals surface area contributed by atoms with Crippen LogP contribution in [0.2, 0.25) is 0 Å². The normalized spacial score (nSPS) is 11.1. The Kier molecular flexibility index (Phi) is 6.61. The maximum absolute atomic E-state index is 12.6. The summed E-state index contributed by atoms with van der Waals surface area (Å²) in [6.07, 6.45) is 4.99. The van der Waals surface area contributed by atoms with Crippen molar-refractivity contribution in [3.8, 4) is 0 Å². The first kappa shape index (κ1) is 19.8. The molecule has 0 aliphatic heterocycles. The molecule has 0 saturated heterocycles. The lowest BCUT2D eigenvalue weighted by Gasteiger charge is -2.06. The monoisotopic (exact) mass is 393 g/mol. The largest absolute Gasteiger partial charge is 0.462 e.